The third kappa shape index (κ3) is 3.17. The van der Waals surface area contributed by atoms with Gasteiger partial charge in [-0.3, -0.25) is 4.79 Å². The van der Waals surface area contributed by atoms with Gasteiger partial charge in [-0.05, 0) is 24.1 Å². The molecule has 2 saturated heterocycles. The molecule has 30 heavy (non-hydrogen) atoms. The van der Waals surface area contributed by atoms with Crippen LogP contribution in [0.3, 0.4) is 0 Å². The Morgan fingerprint density at radius 1 is 1.13 bits per heavy atom. The molecule has 0 saturated carbocycles. The van der Waals surface area contributed by atoms with E-state index in [0.29, 0.717) is 24.5 Å². The Labute approximate surface area is 177 Å². The smallest absolute Gasteiger partial charge is 0.330 e. The number of carbonyl (C=O) groups excluding carboxylic acids is 2. The van der Waals surface area contributed by atoms with Crippen molar-refractivity contribution < 1.29 is 18.7 Å². The molecule has 7 nitrogen and oxygen atoms in total. The number of hydrogen-bond acceptors (Lipinski definition) is 7. The Morgan fingerprint density at radius 2 is 1.87 bits per heavy atom. The normalized spacial score (nSPS) is 22.9. The maximum absolute atomic E-state index is 12.8. The van der Waals surface area contributed by atoms with E-state index >= 15 is 0 Å². The number of amides is 1. The van der Waals surface area contributed by atoms with Crippen LogP contribution in [-0.4, -0.2) is 38.8 Å². The van der Waals surface area contributed by atoms with Crippen LogP contribution in [0, 0.1) is 0 Å². The van der Waals surface area contributed by atoms with E-state index in [9.17, 15) is 9.59 Å². The number of nitrogens with zero attached hydrogens (tertiary/aromatic N) is 3. The molecule has 8 heteroatoms. The molecule has 2 aromatic carbocycles. The van der Waals surface area contributed by atoms with Crippen molar-refractivity contribution in [1.29, 1.82) is 0 Å². The summed E-state index contributed by atoms with van der Waals surface area (Å²) in [6.07, 6.45) is 1.12. The first-order chi connectivity index (χ1) is 14.7. The number of benzene rings is 2. The summed E-state index contributed by atoms with van der Waals surface area (Å²) in [5, 5.41) is 7.96. The average molecular weight is 421 g/mol. The minimum atomic E-state index is -0.623. The molecule has 1 aromatic heterocycles. The highest BCUT2D eigenvalue weighted by molar-refractivity contribution is 8.00. The summed E-state index contributed by atoms with van der Waals surface area (Å²) in [4.78, 5) is 26.7. The quantitative estimate of drug-likeness (QED) is 0.584. The van der Waals surface area contributed by atoms with Gasteiger partial charge in [0.1, 0.15) is 10.9 Å². The maximum Gasteiger partial charge on any atom is 0.330 e. The van der Waals surface area contributed by atoms with E-state index in [2.05, 4.69) is 10.2 Å². The summed E-state index contributed by atoms with van der Waals surface area (Å²) in [7, 11) is 0. The van der Waals surface area contributed by atoms with E-state index in [1.165, 1.54) is 0 Å². The van der Waals surface area contributed by atoms with Crippen LogP contribution >= 0.6 is 11.8 Å². The first-order valence-electron chi connectivity index (χ1n) is 9.73. The highest BCUT2D eigenvalue weighted by atomic mass is 32.2. The number of ether oxygens (including phenoxy) is 1. The van der Waals surface area contributed by atoms with Gasteiger partial charge in [-0.25, -0.2) is 4.79 Å². The zero-order valence-corrected chi connectivity index (χ0v) is 16.9. The van der Waals surface area contributed by atoms with Crippen molar-refractivity contribution in [3.05, 3.63) is 72.1 Å². The molecule has 3 aromatic rings. The van der Waals surface area contributed by atoms with Crippen molar-refractivity contribution in [1.82, 2.24) is 15.1 Å². The third-order valence-corrected chi connectivity index (χ3v) is 7.05. The van der Waals surface area contributed by atoms with Crippen molar-refractivity contribution in [3.8, 4) is 11.5 Å². The van der Waals surface area contributed by atoms with Crippen LogP contribution in [0.4, 0.5) is 0 Å². The van der Waals surface area contributed by atoms with E-state index in [-0.39, 0.29) is 18.4 Å². The molecular weight excluding hydrogens is 402 g/mol. The van der Waals surface area contributed by atoms with Crippen LogP contribution in [0.1, 0.15) is 24.3 Å². The number of esters is 1. The minimum Gasteiger partial charge on any atom is -0.454 e. The SMILES string of the molecule is O=C(OCc1nnc(-c2ccccc2)o1)[C@@H]1CS[C@@]2(c3ccccc3)CCC(=O)N12. The van der Waals surface area contributed by atoms with Crippen molar-refractivity contribution in [2.75, 3.05) is 5.75 Å². The van der Waals surface area contributed by atoms with Crippen LogP contribution in [-0.2, 0) is 25.8 Å². The zero-order valence-electron chi connectivity index (χ0n) is 16.1. The fraction of sp³-hybridized carbons (Fsp3) is 0.273. The summed E-state index contributed by atoms with van der Waals surface area (Å²) in [5.74, 6) is 0.620. The van der Waals surface area contributed by atoms with E-state index in [4.69, 9.17) is 9.15 Å². The standard InChI is InChI=1S/C22H19N3O4S/c26-19-11-12-22(16-9-5-2-6-10-16)25(19)17(14-30-22)21(27)28-13-18-23-24-20(29-18)15-7-3-1-4-8-15/h1-10,17H,11-14H2/t17-,22+/m0/s1. The molecule has 0 unspecified atom stereocenters. The first-order valence-corrected chi connectivity index (χ1v) is 10.7. The van der Waals surface area contributed by atoms with Crippen molar-refractivity contribution >= 4 is 23.6 Å². The van der Waals surface area contributed by atoms with Crippen molar-refractivity contribution in [2.45, 2.75) is 30.4 Å². The molecule has 2 fully saturated rings. The van der Waals surface area contributed by atoms with Crippen molar-refractivity contribution in [2.24, 2.45) is 0 Å². The van der Waals surface area contributed by atoms with E-state index in [1.54, 1.807) is 16.7 Å². The lowest BCUT2D eigenvalue weighted by Crippen LogP contribution is -2.46. The van der Waals surface area contributed by atoms with E-state index < -0.39 is 16.9 Å². The molecule has 2 aliphatic rings. The predicted molar refractivity (Wildman–Crippen MR) is 110 cm³/mol. The molecule has 3 heterocycles. The van der Waals surface area contributed by atoms with Gasteiger partial charge in [0.05, 0.1) is 0 Å². The Morgan fingerprint density at radius 3 is 2.63 bits per heavy atom. The Balaban J connectivity index is 1.29. The Hall–Kier alpha value is -3.13. The van der Waals surface area contributed by atoms with Gasteiger partial charge in [0.15, 0.2) is 6.61 Å². The number of hydrogen-bond donors (Lipinski definition) is 0. The Bertz CT molecular complexity index is 1070. The lowest BCUT2D eigenvalue weighted by Gasteiger charge is -2.33. The molecule has 0 N–H and O–H groups in total. The molecule has 152 valence electrons. The van der Waals surface area contributed by atoms with Gasteiger partial charge in [-0.1, -0.05) is 48.5 Å². The average Bonchev–Trinajstić information content (AvgIpc) is 3.50. The second kappa shape index (κ2) is 7.60. The van der Waals surface area contributed by atoms with Gasteiger partial charge in [0.2, 0.25) is 11.8 Å². The van der Waals surface area contributed by atoms with Crippen LogP contribution in [0.2, 0.25) is 0 Å². The van der Waals surface area contributed by atoms with Crippen LogP contribution in [0.25, 0.3) is 11.5 Å². The third-order valence-electron chi connectivity index (χ3n) is 5.45. The Kier molecular flexibility index (Phi) is 4.78. The number of fused-ring (bicyclic) bond motifs is 1. The molecule has 2 atom stereocenters. The fourth-order valence-corrected chi connectivity index (χ4v) is 5.69. The number of aromatic nitrogens is 2. The highest BCUT2D eigenvalue weighted by Crippen LogP contribution is 2.54. The van der Waals surface area contributed by atoms with E-state index in [0.717, 1.165) is 11.1 Å². The zero-order chi connectivity index (χ0) is 20.6. The molecule has 0 aliphatic carbocycles. The fourth-order valence-electron chi connectivity index (χ4n) is 4.05. The molecule has 0 radical (unpaired) electrons. The van der Waals surface area contributed by atoms with Gasteiger partial charge >= 0.3 is 5.97 Å². The van der Waals surface area contributed by atoms with Gasteiger partial charge in [-0.15, -0.1) is 22.0 Å². The number of thioether (sulfide) groups is 1. The van der Waals surface area contributed by atoms with Gasteiger partial charge < -0.3 is 14.1 Å². The lowest BCUT2D eigenvalue weighted by atomic mass is 10.0. The van der Waals surface area contributed by atoms with Gasteiger partial charge in [0.25, 0.3) is 5.89 Å². The molecule has 0 bridgehead atoms. The number of carbonyl (C=O) groups is 2. The van der Waals surface area contributed by atoms with E-state index in [1.807, 2.05) is 60.7 Å². The second-order valence-corrected chi connectivity index (χ2v) is 8.51. The largest absolute Gasteiger partial charge is 0.454 e. The predicted octanol–water partition coefficient (Wildman–Crippen LogP) is 3.37. The summed E-state index contributed by atoms with van der Waals surface area (Å²) in [5.41, 5.74) is 1.84. The first kappa shape index (κ1) is 18.9. The topological polar surface area (TPSA) is 85.5 Å². The van der Waals surface area contributed by atoms with Gasteiger partial charge in [-0.2, -0.15) is 0 Å². The monoisotopic (exact) mass is 421 g/mol. The van der Waals surface area contributed by atoms with Crippen LogP contribution < -0.4 is 0 Å². The van der Waals surface area contributed by atoms with Gasteiger partial charge in [0, 0.05) is 17.7 Å². The highest BCUT2D eigenvalue weighted by Gasteiger charge is 2.57. The second-order valence-electron chi connectivity index (χ2n) is 7.22. The summed E-state index contributed by atoms with van der Waals surface area (Å²) in [6, 6.07) is 18.6. The number of rotatable bonds is 5. The minimum absolute atomic E-state index is 0.0186. The molecule has 5 rings (SSSR count). The summed E-state index contributed by atoms with van der Waals surface area (Å²) < 4.78 is 11.1. The van der Waals surface area contributed by atoms with Crippen molar-refractivity contribution in [3.63, 3.8) is 0 Å². The summed E-state index contributed by atoms with van der Waals surface area (Å²) in [6.45, 7) is -0.125. The molecule has 0 spiro atoms. The van der Waals surface area contributed by atoms with Crippen LogP contribution in [0.15, 0.2) is 65.1 Å². The molecule has 2 aliphatic heterocycles. The maximum atomic E-state index is 12.8. The molecule has 1 amide bonds. The lowest BCUT2D eigenvalue weighted by molar-refractivity contribution is -0.155. The molecular formula is C22H19N3O4S. The van der Waals surface area contributed by atoms with Crippen LogP contribution in [0.5, 0.6) is 0 Å². The summed E-state index contributed by atoms with van der Waals surface area (Å²) >= 11 is 1.63.